The Balaban J connectivity index is 0.000000208. The normalized spacial score (nSPS) is 11.9. The molecule has 2 aromatic heterocycles. The smallest absolute Gasteiger partial charge is 0.508 e. The molecule has 12 rings (SSSR count). The van der Waals surface area contributed by atoms with Gasteiger partial charge in [-0.05, 0) is 230 Å². The van der Waals surface area contributed by atoms with Crippen molar-refractivity contribution in [2.24, 2.45) is 0 Å². The van der Waals surface area contributed by atoms with E-state index < -0.39 is 33.3 Å². The van der Waals surface area contributed by atoms with E-state index in [2.05, 4.69) is 35.4 Å². The number of hydrogen-bond acceptors (Lipinski definition) is 20. The highest BCUT2D eigenvalue weighted by molar-refractivity contribution is 7.88. The van der Waals surface area contributed by atoms with E-state index in [1.54, 1.807) is 74.8 Å². The van der Waals surface area contributed by atoms with Crippen LogP contribution in [0, 0.1) is 0 Å². The van der Waals surface area contributed by atoms with Gasteiger partial charge >= 0.3 is 51.4 Å². The summed E-state index contributed by atoms with van der Waals surface area (Å²) in [6.07, 6.45) is 7.72. The number of rotatable bonds is 42. The van der Waals surface area contributed by atoms with Crippen LogP contribution < -0.4 is 25.5 Å². The summed E-state index contributed by atoms with van der Waals surface area (Å²) in [5.41, 5.74) is 6.00. The number of benzene rings is 10. The number of nitrogens with zero attached hydrogens (tertiary/aromatic N) is 2. The highest BCUT2D eigenvalue weighted by Crippen LogP contribution is 2.33. The number of halogens is 3. The van der Waals surface area contributed by atoms with Gasteiger partial charge in [0.1, 0.15) is 23.1 Å². The number of carboxylic acids is 2. The van der Waals surface area contributed by atoms with Crippen LogP contribution in [0.5, 0.6) is 11.5 Å². The first-order valence-corrected chi connectivity index (χ1v) is 45.4. The maximum absolute atomic E-state index is 12.4. The number of aromatic carboxylic acids is 1. The monoisotopic (exact) mass is 1850 g/mol. The van der Waals surface area contributed by atoms with Crippen molar-refractivity contribution < 1.29 is 98.4 Å². The first-order chi connectivity index (χ1) is 64.7. The first-order valence-electron chi connectivity index (χ1n) is 44.0. The molecule has 0 saturated carbocycles. The molecule has 24 nitrogen and oxygen atoms in total. The molecule has 0 bridgehead atoms. The molecule has 2 heterocycles. The minimum absolute atomic E-state index is 0.00549. The van der Waals surface area contributed by atoms with Crippen LogP contribution in [-0.4, -0.2) is 139 Å². The van der Waals surface area contributed by atoms with E-state index in [0.29, 0.717) is 108 Å². The highest BCUT2D eigenvalue weighted by atomic mass is 32.2. The zero-order valence-corrected chi connectivity index (χ0v) is 75.9. The molecule has 0 aliphatic heterocycles. The number of phenols is 1. The van der Waals surface area contributed by atoms with E-state index in [-0.39, 0.29) is 96.0 Å². The molecule has 0 aliphatic rings. The van der Waals surface area contributed by atoms with E-state index in [4.69, 9.17) is 24.1 Å². The summed E-state index contributed by atoms with van der Waals surface area (Å²) in [6, 6.07) is 93.9. The second kappa shape index (κ2) is 56.7. The number of hydrogen-bond donors (Lipinski definition) is 7. The maximum Gasteiger partial charge on any atom is 0.534 e. The van der Waals surface area contributed by atoms with Crippen LogP contribution in [0.15, 0.2) is 322 Å². The lowest BCUT2D eigenvalue weighted by atomic mass is 9.89. The Kier molecular flexibility index (Phi) is 44.3. The van der Waals surface area contributed by atoms with Gasteiger partial charge in [-0.1, -0.05) is 224 Å². The molecule has 7 N–H and O–H groups in total. The van der Waals surface area contributed by atoms with Crippen molar-refractivity contribution in [3.63, 3.8) is 0 Å². The number of pyridine rings is 2. The van der Waals surface area contributed by atoms with Gasteiger partial charge in [-0.2, -0.15) is 21.6 Å². The number of nitrogens with one attached hydrogen (secondary N) is 4. The van der Waals surface area contributed by atoms with E-state index in [9.17, 15) is 70.2 Å². The largest absolute Gasteiger partial charge is 0.534 e. The number of aliphatic carboxylic acids is 1. The van der Waals surface area contributed by atoms with E-state index in [1.807, 2.05) is 250 Å². The Bertz CT molecular complexity index is 5640. The Morgan fingerprint density at radius 3 is 0.851 bits per heavy atom. The molecule has 134 heavy (non-hydrogen) atoms. The lowest BCUT2D eigenvalue weighted by molar-refractivity contribution is -0.144. The van der Waals surface area contributed by atoms with Crippen LogP contribution in [0.4, 0.5) is 24.8 Å². The fourth-order valence-corrected chi connectivity index (χ4v) is 14.7. The molecule has 12 aromatic rings. The van der Waals surface area contributed by atoms with Crippen molar-refractivity contribution in [1.29, 1.82) is 0 Å². The summed E-state index contributed by atoms with van der Waals surface area (Å²) in [5, 5.41) is 39.6. The summed E-state index contributed by atoms with van der Waals surface area (Å²) in [6.45, 7) is 10.7. The van der Waals surface area contributed by atoms with Gasteiger partial charge in [0.15, 0.2) is 0 Å². The molecular formula is C106H113F3N6O18S. The molecule has 10 aromatic carbocycles. The Morgan fingerprint density at radius 1 is 0.336 bits per heavy atom. The highest BCUT2D eigenvalue weighted by Gasteiger charge is 2.48. The van der Waals surface area contributed by atoms with Crippen LogP contribution >= 0.6 is 0 Å². The number of alkyl halides is 3. The molecule has 702 valence electrons. The zero-order valence-electron chi connectivity index (χ0n) is 75.1. The van der Waals surface area contributed by atoms with Crippen molar-refractivity contribution >= 4 is 69.4 Å². The SMILES string of the molecule is CCOC(=O)CC(Cc1ccc(C(=O)NCCNc2ccccn2)cc1)c1ccccc1.CCOC(=O)CC(Cc1ccc(C(=O)O)cc1)c1ccccc1.CCOC(=O)CC(Cc1ccc(O)cc1)c1ccccc1.CCOC(=O)CC(Cc1ccc(OS(=O)(=O)C(F)(F)F)cc1)c1ccccc1.O=C(O)CC(Cc1ccc(C(=O)NCCNc2ccccn2)cc1)c1ccccc1. The molecule has 0 saturated heterocycles. The molecule has 0 radical (unpaired) electrons. The third-order valence-electron chi connectivity index (χ3n) is 20.8. The number of anilines is 2. The molecule has 5 atom stereocenters. The van der Waals surface area contributed by atoms with Gasteiger partial charge in [-0.25, -0.2) is 14.8 Å². The maximum atomic E-state index is 12.4. The topological polar surface area (TPSA) is 351 Å². The summed E-state index contributed by atoms with van der Waals surface area (Å²) in [7, 11) is -5.71. The van der Waals surface area contributed by atoms with Crippen molar-refractivity contribution in [1.82, 2.24) is 20.6 Å². The Hall–Kier alpha value is -14.8. The number of aromatic nitrogens is 2. The molecule has 0 spiro atoms. The number of carboxylic acid groups (broad SMARTS) is 2. The molecular weight excluding hydrogens is 1730 g/mol. The van der Waals surface area contributed by atoms with Crippen molar-refractivity contribution in [2.45, 2.75) is 127 Å². The quantitative estimate of drug-likeness (QED) is 0.00614. The van der Waals surface area contributed by atoms with Gasteiger partial charge in [-0.15, -0.1) is 0 Å². The van der Waals surface area contributed by atoms with Gasteiger partial charge in [0.05, 0.1) is 64.1 Å². The number of carbonyl (C=O) groups is 8. The Labute approximate surface area is 779 Å². The lowest BCUT2D eigenvalue weighted by Gasteiger charge is -2.17. The van der Waals surface area contributed by atoms with Crippen molar-refractivity contribution in [3.05, 3.63) is 394 Å². The van der Waals surface area contributed by atoms with Gasteiger partial charge in [-0.3, -0.25) is 33.6 Å². The second-order valence-corrected chi connectivity index (χ2v) is 32.2. The summed E-state index contributed by atoms with van der Waals surface area (Å²) in [5.74, 6) is -1.82. The van der Waals surface area contributed by atoms with Crippen LogP contribution in [-0.2, 0) is 85.1 Å². The average Bonchev–Trinajstić information content (AvgIpc) is 0.817. The fraction of sp³-hybridized carbons (Fsp3) is 0.264. The number of carbonyl (C=O) groups excluding carboxylic acids is 6. The molecule has 0 fully saturated rings. The molecule has 28 heteroatoms. The standard InChI is InChI=1S/C26H29N3O3.C24H25N3O3.C19H19F3O5S.C19H20O4.C18H20O3/c1-2-32-25(30)19-23(21-8-4-3-5-9-21)18-20-11-13-22(14-12-20)26(31)29-17-16-28-24-10-6-7-15-27-24;28-23(29)17-21(19-6-2-1-3-7-19)16-18-9-11-20(12-10-18)24(30)27-15-14-26-22-8-4-5-13-25-22;1-2-26-18(23)13-16(15-6-4-3-5-7-15)12-14-8-10-17(11-9-14)27-28(24,25)19(20,21)22;1-2-23-18(20)13-17(15-6-4-3-5-7-15)12-14-8-10-16(11-9-14)19(21)22;1-2-21-18(20)13-16(15-6-4-3-5-7-15)12-14-8-10-17(19)11-9-14/h3-15,23H,2,16-19H2,1H3,(H,27,28)(H,29,31);1-13,21H,14-17H2,(H,25,26)(H,27,30)(H,28,29);3-11,16H,2,12-13H2,1H3;3-11,17H,2,12-13H2,1H3,(H,21,22);3-11,16,19H,2,12-13H2,1H3. The van der Waals surface area contributed by atoms with E-state index in [1.165, 1.54) is 12.1 Å². The summed E-state index contributed by atoms with van der Waals surface area (Å²) < 4.78 is 83.6. The van der Waals surface area contributed by atoms with E-state index in [0.717, 1.165) is 80.3 Å². The number of phenolic OH excluding ortho intramolecular Hbond substituents is 1. The third kappa shape index (κ3) is 38.3. The van der Waals surface area contributed by atoms with Gasteiger partial charge < -0.3 is 59.7 Å². The van der Waals surface area contributed by atoms with Crippen LogP contribution in [0.1, 0.15) is 176 Å². The van der Waals surface area contributed by atoms with Gasteiger partial charge in [0, 0.05) is 49.7 Å². The molecule has 5 unspecified atom stereocenters. The minimum Gasteiger partial charge on any atom is -0.508 e. The summed E-state index contributed by atoms with van der Waals surface area (Å²) in [4.78, 5) is 103. The lowest BCUT2D eigenvalue weighted by Crippen LogP contribution is -2.28. The van der Waals surface area contributed by atoms with Crippen molar-refractivity contribution in [2.75, 3.05) is 63.2 Å². The number of amides is 2. The molecule has 2 amide bonds. The van der Waals surface area contributed by atoms with Crippen molar-refractivity contribution in [3.8, 4) is 11.5 Å². The van der Waals surface area contributed by atoms with Crippen LogP contribution in [0.3, 0.4) is 0 Å². The van der Waals surface area contributed by atoms with E-state index >= 15 is 0 Å². The third-order valence-corrected chi connectivity index (χ3v) is 21.8. The second-order valence-electron chi connectivity index (χ2n) is 30.7. The Morgan fingerprint density at radius 2 is 0.597 bits per heavy atom. The first kappa shape index (κ1) is 105. The number of esters is 4. The predicted molar refractivity (Wildman–Crippen MR) is 508 cm³/mol. The predicted octanol–water partition coefficient (Wildman–Crippen LogP) is 19.5. The zero-order chi connectivity index (χ0) is 96.3. The van der Waals surface area contributed by atoms with Gasteiger partial charge in [0.2, 0.25) is 0 Å². The fourth-order valence-electron chi connectivity index (χ4n) is 14.2. The van der Waals surface area contributed by atoms with Crippen LogP contribution in [0.25, 0.3) is 0 Å². The van der Waals surface area contributed by atoms with Crippen LogP contribution in [0.2, 0.25) is 0 Å². The molecule has 0 aliphatic carbocycles. The minimum atomic E-state index is -5.71. The summed E-state index contributed by atoms with van der Waals surface area (Å²) >= 11 is 0. The number of ether oxygens (including phenoxy) is 4. The van der Waals surface area contributed by atoms with Gasteiger partial charge in [0.25, 0.3) is 11.8 Å². The average molecular weight is 1850 g/mol. The number of aromatic hydroxyl groups is 1.